The maximum atomic E-state index is 6.24. The molecule has 0 amide bonds. The second-order valence-corrected chi connectivity index (χ2v) is 5.25. The first kappa shape index (κ1) is 13.8. The van der Waals surface area contributed by atoms with Crippen molar-refractivity contribution in [3.05, 3.63) is 30.4 Å². The third kappa shape index (κ3) is 2.69. The Morgan fingerprint density at radius 1 is 1.29 bits per heavy atom. The molecular formula is C13H15ClN6O. The minimum atomic E-state index is -0.207. The van der Waals surface area contributed by atoms with Crippen LogP contribution < -0.4 is 4.74 Å². The number of rotatable bonds is 5. The van der Waals surface area contributed by atoms with Gasteiger partial charge in [0.05, 0.1) is 25.2 Å². The molecule has 0 saturated heterocycles. The average Bonchev–Trinajstić information content (AvgIpc) is 3.11. The number of nitrogens with zero attached hydrogens (tertiary/aromatic N) is 6. The van der Waals surface area contributed by atoms with Gasteiger partial charge in [-0.25, -0.2) is 4.98 Å². The predicted octanol–water partition coefficient (Wildman–Crippen LogP) is 2.03. The highest BCUT2D eigenvalue weighted by atomic mass is 35.5. The van der Waals surface area contributed by atoms with Crippen LogP contribution in [0.25, 0.3) is 11.2 Å². The van der Waals surface area contributed by atoms with E-state index < -0.39 is 0 Å². The third-order valence-electron chi connectivity index (χ3n) is 3.19. The Balaban J connectivity index is 2.01. The molecule has 3 rings (SSSR count). The summed E-state index contributed by atoms with van der Waals surface area (Å²) >= 11 is 6.24. The van der Waals surface area contributed by atoms with Crippen LogP contribution in [-0.2, 0) is 13.1 Å². The standard InChI is InChI=1S/C13H15ClN6O/c1-9(14)12-16-10-3-4-11(21-2)17-13(10)20(12)8-7-19-6-5-15-18-19/h3-6,9H,7-8H2,1-2H3. The molecule has 0 aromatic carbocycles. The number of hydrogen-bond acceptors (Lipinski definition) is 5. The fourth-order valence-electron chi connectivity index (χ4n) is 2.19. The van der Waals surface area contributed by atoms with Crippen LogP contribution >= 0.6 is 11.6 Å². The van der Waals surface area contributed by atoms with Crippen molar-refractivity contribution >= 4 is 22.8 Å². The van der Waals surface area contributed by atoms with E-state index in [0.717, 1.165) is 17.0 Å². The Labute approximate surface area is 126 Å². The Bertz CT molecular complexity index is 737. The maximum Gasteiger partial charge on any atom is 0.215 e. The summed E-state index contributed by atoms with van der Waals surface area (Å²) in [4.78, 5) is 9.03. The van der Waals surface area contributed by atoms with Crippen LogP contribution in [0.15, 0.2) is 24.5 Å². The molecule has 0 N–H and O–H groups in total. The summed E-state index contributed by atoms with van der Waals surface area (Å²) in [5, 5.41) is 7.55. The van der Waals surface area contributed by atoms with Crippen molar-refractivity contribution in [3.63, 3.8) is 0 Å². The number of imidazole rings is 1. The lowest BCUT2D eigenvalue weighted by Crippen LogP contribution is -2.12. The Morgan fingerprint density at radius 2 is 2.14 bits per heavy atom. The van der Waals surface area contributed by atoms with E-state index in [1.807, 2.05) is 23.8 Å². The number of ether oxygens (including phenoxy) is 1. The van der Waals surface area contributed by atoms with Gasteiger partial charge in [-0.2, -0.15) is 4.98 Å². The number of pyridine rings is 1. The molecule has 0 spiro atoms. The van der Waals surface area contributed by atoms with E-state index in [1.165, 1.54) is 0 Å². The molecule has 0 aliphatic carbocycles. The highest BCUT2D eigenvalue weighted by molar-refractivity contribution is 6.20. The smallest absolute Gasteiger partial charge is 0.215 e. The lowest BCUT2D eigenvalue weighted by molar-refractivity contribution is 0.398. The van der Waals surface area contributed by atoms with Crippen molar-refractivity contribution in [1.82, 2.24) is 29.5 Å². The molecule has 0 aliphatic rings. The van der Waals surface area contributed by atoms with Gasteiger partial charge in [0.25, 0.3) is 0 Å². The number of methoxy groups -OCH3 is 1. The van der Waals surface area contributed by atoms with Gasteiger partial charge in [0.2, 0.25) is 5.88 Å². The largest absolute Gasteiger partial charge is 0.481 e. The van der Waals surface area contributed by atoms with Crippen LogP contribution in [0.4, 0.5) is 0 Å². The van der Waals surface area contributed by atoms with Crippen molar-refractivity contribution < 1.29 is 4.74 Å². The van der Waals surface area contributed by atoms with Crippen molar-refractivity contribution in [2.24, 2.45) is 0 Å². The SMILES string of the molecule is COc1ccc2nc(C(C)Cl)n(CCn3ccnn3)c2n1. The van der Waals surface area contributed by atoms with Gasteiger partial charge >= 0.3 is 0 Å². The zero-order valence-electron chi connectivity index (χ0n) is 11.8. The van der Waals surface area contributed by atoms with Gasteiger partial charge in [0.15, 0.2) is 5.65 Å². The van der Waals surface area contributed by atoms with Crippen LogP contribution in [0.5, 0.6) is 5.88 Å². The molecule has 21 heavy (non-hydrogen) atoms. The van der Waals surface area contributed by atoms with Gasteiger partial charge in [-0.05, 0) is 13.0 Å². The molecule has 3 heterocycles. The number of fused-ring (bicyclic) bond motifs is 1. The van der Waals surface area contributed by atoms with E-state index in [4.69, 9.17) is 16.3 Å². The highest BCUT2D eigenvalue weighted by Crippen LogP contribution is 2.25. The number of halogens is 1. The number of alkyl halides is 1. The summed E-state index contributed by atoms with van der Waals surface area (Å²) in [6.07, 6.45) is 3.47. The first-order valence-electron chi connectivity index (χ1n) is 6.58. The summed E-state index contributed by atoms with van der Waals surface area (Å²) in [6.45, 7) is 3.22. The van der Waals surface area contributed by atoms with Crippen molar-refractivity contribution in [3.8, 4) is 5.88 Å². The Kier molecular flexibility index (Phi) is 3.74. The molecule has 0 bridgehead atoms. The molecule has 110 valence electrons. The summed E-state index contributed by atoms with van der Waals surface area (Å²) < 4.78 is 8.94. The minimum absolute atomic E-state index is 0.207. The molecule has 8 heteroatoms. The van der Waals surface area contributed by atoms with Crippen LogP contribution in [0.3, 0.4) is 0 Å². The summed E-state index contributed by atoms with van der Waals surface area (Å²) in [6, 6.07) is 3.68. The van der Waals surface area contributed by atoms with E-state index in [9.17, 15) is 0 Å². The van der Waals surface area contributed by atoms with Crippen LogP contribution in [0.2, 0.25) is 0 Å². The van der Waals surface area contributed by atoms with Gasteiger partial charge in [-0.15, -0.1) is 16.7 Å². The maximum absolute atomic E-state index is 6.24. The van der Waals surface area contributed by atoms with Crippen molar-refractivity contribution in [1.29, 1.82) is 0 Å². The van der Waals surface area contributed by atoms with Gasteiger partial charge in [-0.1, -0.05) is 5.21 Å². The first-order valence-corrected chi connectivity index (χ1v) is 7.02. The van der Waals surface area contributed by atoms with E-state index >= 15 is 0 Å². The van der Waals surface area contributed by atoms with Crippen LogP contribution in [0, 0.1) is 0 Å². The number of aromatic nitrogens is 6. The van der Waals surface area contributed by atoms with Gasteiger partial charge in [0.1, 0.15) is 11.3 Å². The molecule has 3 aromatic heterocycles. The molecule has 1 atom stereocenters. The van der Waals surface area contributed by atoms with Crippen LogP contribution in [-0.4, -0.2) is 36.6 Å². The molecule has 3 aromatic rings. The third-order valence-corrected chi connectivity index (χ3v) is 3.38. The monoisotopic (exact) mass is 306 g/mol. The zero-order valence-corrected chi connectivity index (χ0v) is 12.5. The van der Waals surface area contributed by atoms with E-state index in [2.05, 4.69) is 20.3 Å². The van der Waals surface area contributed by atoms with E-state index in [-0.39, 0.29) is 5.38 Å². The second kappa shape index (κ2) is 5.69. The average molecular weight is 307 g/mol. The molecule has 0 saturated carbocycles. The molecule has 0 radical (unpaired) electrons. The quantitative estimate of drug-likeness (QED) is 0.675. The second-order valence-electron chi connectivity index (χ2n) is 4.60. The van der Waals surface area contributed by atoms with Crippen molar-refractivity contribution in [2.45, 2.75) is 25.4 Å². The summed E-state index contributed by atoms with van der Waals surface area (Å²) in [5.74, 6) is 1.34. The van der Waals surface area contributed by atoms with Gasteiger partial charge in [-0.3, -0.25) is 4.68 Å². The Hall–Kier alpha value is -2.15. The fourth-order valence-corrected chi connectivity index (χ4v) is 2.36. The lowest BCUT2D eigenvalue weighted by atomic mass is 10.4. The molecular weight excluding hydrogens is 292 g/mol. The highest BCUT2D eigenvalue weighted by Gasteiger charge is 2.16. The molecule has 7 nitrogen and oxygen atoms in total. The Morgan fingerprint density at radius 3 is 2.81 bits per heavy atom. The lowest BCUT2D eigenvalue weighted by Gasteiger charge is -2.10. The fraction of sp³-hybridized carbons (Fsp3) is 0.385. The minimum Gasteiger partial charge on any atom is -0.481 e. The summed E-state index contributed by atoms with van der Waals surface area (Å²) in [5.41, 5.74) is 1.56. The van der Waals surface area contributed by atoms with Crippen molar-refractivity contribution in [2.75, 3.05) is 7.11 Å². The normalized spacial score (nSPS) is 12.7. The summed E-state index contributed by atoms with van der Waals surface area (Å²) in [7, 11) is 1.59. The number of hydrogen-bond donors (Lipinski definition) is 0. The first-order chi connectivity index (χ1) is 10.2. The molecule has 1 unspecified atom stereocenters. The topological polar surface area (TPSA) is 70.7 Å². The van der Waals surface area contributed by atoms with E-state index in [1.54, 1.807) is 24.1 Å². The number of aryl methyl sites for hydroxylation is 2. The van der Waals surface area contributed by atoms with Crippen LogP contribution in [0.1, 0.15) is 18.1 Å². The molecule has 0 aliphatic heterocycles. The van der Waals surface area contributed by atoms with Gasteiger partial charge in [0, 0.05) is 18.8 Å². The molecule has 0 fully saturated rings. The zero-order chi connectivity index (χ0) is 14.8. The van der Waals surface area contributed by atoms with E-state index in [0.29, 0.717) is 19.0 Å². The predicted molar refractivity (Wildman–Crippen MR) is 78.4 cm³/mol. The van der Waals surface area contributed by atoms with Gasteiger partial charge < -0.3 is 9.30 Å².